The Balaban J connectivity index is 2.34. The molecule has 0 atom stereocenters. The van der Waals surface area contributed by atoms with E-state index < -0.39 is 10.0 Å². The summed E-state index contributed by atoms with van der Waals surface area (Å²) in [4.78, 5) is 17.9. The van der Waals surface area contributed by atoms with Crippen LogP contribution in [0.3, 0.4) is 0 Å². The van der Waals surface area contributed by atoms with Crippen molar-refractivity contribution in [1.29, 1.82) is 0 Å². The molecule has 8 heteroatoms. The lowest BCUT2D eigenvalue weighted by molar-refractivity contribution is 0.0740. The molecular formula is C17H21N3O4S. The Morgan fingerprint density at radius 1 is 1.28 bits per heavy atom. The number of pyridine rings is 1. The number of carbonyl (C=O) groups excluding carboxylic acids is 1. The van der Waals surface area contributed by atoms with Crippen LogP contribution in [0.15, 0.2) is 47.6 Å². The van der Waals surface area contributed by atoms with Crippen LogP contribution < -0.4 is 4.72 Å². The van der Waals surface area contributed by atoms with E-state index >= 15 is 0 Å². The number of anilines is 1. The zero-order valence-electron chi connectivity index (χ0n) is 14.4. The third-order valence-electron chi connectivity index (χ3n) is 3.51. The van der Waals surface area contributed by atoms with E-state index in [9.17, 15) is 13.2 Å². The number of nitrogens with zero attached hydrogens (tertiary/aromatic N) is 2. The number of rotatable bonds is 7. The number of hydrogen-bond donors (Lipinski definition) is 1. The molecule has 1 N–H and O–H groups in total. The maximum absolute atomic E-state index is 12.7. The van der Waals surface area contributed by atoms with Gasteiger partial charge in [-0.15, -0.1) is 0 Å². The van der Waals surface area contributed by atoms with Crippen molar-refractivity contribution in [3.8, 4) is 0 Å². The minimum absolute atomic E-state index is 0.0780. The lowest BCUT2D eigenvalue weighted by atomic mass is 10.2. The van der Waals surface area contributed by atoms with Crippen LogP contribution in [0.5, 0.6) is 0 Å². The number of aromatic nitrogens is 1. The van der Waals surface area contributed by atoms with Crippen LogP contribution in [-0.2, 0) is 14.8 Å². The predicted octanol–water partition coefficient (Wildman–Crippen LogP) is 1.91. The van der Waals surface area contributed by atoms with Gasteiger partial charge in [0, 0.05) is 26.9 Å². The Morgan fingerprint density at radius 2 is 2.00 bits per heavy atom. The van der Waals surface area contributed by atoms with Crippen LogP contribution >= 0.6 is 0 Å². The van der Waals surface area contributed by atoms with Crippen LogP contribution in [0.4, 0.5) is 5.69 Å². The molecule has 0 spiro atoms. The van der Waals surface area contributed by atoms with Crippen LogP contribution in [-0.4, -0.2) is 51.5 Å². The quantitative estimate of drug-likeness (QED) is 0.812. The van der Waals surface area contributed by atoms with Crippen molar-refractivity contribution < 1.29 is 17.9 Å². The fourth-order valence-electron chi connectivity index (χ4n) is 2.23. The first kappa shape index (κ1) is 18.9. The second-order valence-corrected chi connectivity index (χ2v) is 7.22. The Bertz CT molecular complexity index is 852. The molecule has 2 aromatic rings. The van der Waals surface area contributed by atoms with E-state index in [2.05, 4.69) is 9.71 Å². The minimum Gasteiger partial charge on any atom is -0.383 e. The monoisotopic (exact) mass is 363 g/mol. The molecule has 0 saturated heterocycles. The number of nitrogens with one attached hydrogen (secondary N) is 1. The third kappa shape index (κ3) is 4.77. The highest BCUT2D eigenvalue weighted by Gasteiger charge is 2.24. The van der Waals surface area contributed by atoms with Crippen LogP contribution in [0.2, 0.25) is 0 Å². The average Bonchev–Trinajstić information content (AvgIpc) is 2.58. The van der Waals surface area contributed by atoms with Gasteiger partial charge in [-0.3, -0.25) is 14.5 Å². The molecule has 1 aromatic carbocycles. The van der Waals surface area contributed by atoms with E-state index in [1.807, 2.05) is 6.92 Å². The lowest BCUT2D eigenvalue weighted by Gasteiger charge is -2.19. The second-order valence-electron chi connectivity index (χ2n) is 5.57. The topological polar surface area (TPSA) is 88.6 Å². The lowest BCUT2D eigenvalue weighted by Crippen LogP contribution is -2.31. The van der Waals surface area contributed by atoms with Gasteiger partial charge in [-0.05, 0) is 30.7 Å². The summed E-state index contributed by atoms with van der Waals surface area (Å²) >= 11 is 0. The normalized spacial score (nSPS) is 11.2. The number of likely N-dealkylation sites (N-methyl/N-ethyl adjacent to an activating group) is 1. The maximum Gasteiger partial charge on any atom is 0.262 e. The van der Waals surface area contributed by atoms with Crippen molar-refractivity contribution in [2.45, 2.75) is 11.8 Å². The Morgan fingerprint density at radius 3 is 2.68 bits per heavy atom. The Labute approximate surface area is 147 Å². The van der Waals surface area contributed by atoms with E-state index in [0.717, 1.165) is 5.56 Å². The number of aryl methyl sites for hydroxylation is 1. The molecule has 1 amide bonds. The predicted molar refractivity (Wildman–Crippen MR) is 95.1 cm³/mol. The summed E-state index contributed by atoms with van der Waals surface area (Å²) in [6, 6.07) is 7.77. The molecule has 25 heavy (non-hydrogen) atoms. The molecule has 0 aliphatic rings. The summed E-state index contributed by atoms with van der Waals surface area (Å²) in [5, 5.41) is 0. The molecule has 2 rings (SSSR count). The molecule has 0 aliphatic carbocycles. The Kier molecular flexibility index (Phi) is 6.11. The number of methoxy groups -OCH3 is 1. The van der Waals surface area contributed by atoms with Crippen molar-refractivity contribution in [3.63, 3.8) is 0 Å². The number of ether oxygens (including phenoxy) is 1. The average molecular weight is 363 g/mol. The molecule has 1 heterocycles. The van der Waals surface area contributed by atoms with Gasteiger partial charge >= 0.3 is 0 Å². The number of benzene rings is 1. The summed E-state index contributed by atoms with van der Waals surface area (Å²) in [6.07, 6.45) is 3.04. The van der Waals surface area contributed by atoms with Crippen molar-refractivity contribution in [1.82, 2.24) is 9.88 Å². The molecule has 0 fully saturated rings. The highest BCUT2D eigenvalue weighted by Crippen LogP contribution is 2.21. The Hall–Kier alpha value is -2.45. The highest BCUT2D eigenvalue weighted by atomic mass is 32.2. The van der Waals surface area contributed by atoms with E-state index in [0.29, 0.717) is 18.8 Å². The summed E-state index contributed by atoms with van der Waals surface area (Å²) in [5.74, 6) is -0.389. The molecule has 0 unspecified atom stereocenters. The number of carbonyl (C=O) groups is 1. The molecule has 0 aliphatic heterocycles. The maximum atomic E-state index is 12.7. The van der Waals surface area contributed by atoms with Crippen LogP contribution in [0, 0.1) is 6.92 Å². The molecule has 7 nitrogen and oxygen atoms in total. The van der Waals surface area contributed by atoms with Gasteiger partial charge in [0.05, 0.1) is 24.1 Å². The molecule has 0 radical (unpaired) electrons. The first-order valence-electron chi connectivity index (χ1n) is 7.63. The van der Waals surface area contributed by atoms with Crippen molar-refractivity contribution >= 4 is 21.6 Å². The van der Waals surface area contributed by atoms with Gasteiger partial charge in [-0.1, -0.05) is 12.1 Å². The van der Waals surface area contributed by atoms with E-state index in [-0.39, 0.29) is 16.4 Å². The fourth-order valence-corrected chi connectivity index (χ4v) is 3.47. The van der Waals surface area contributed by atoms with Crippen molar-refractivity contribution in [2.24, 2.45) is 0 Å². The van der Waals surface area contributed by atoms with E-state index in [4.69, 9.17) is 4.74 Å². The zero-order valence-corrected chi connectivity index (χ0v) is 15.2. The largest absolute Gasteiger partial charge is 0.383 e. The summed E-state index contributed by atoms with van der Waals surface area (Å²) < 4.78 is 32.9. The summed E-state index contributed by atoms with van der Waals surface area (Å²) in [5.41, 5.74) is 1.27. The fraction of sp³-hybridized carbons (Fsp3) is 0.294. The van der Waals surface area contributed by atoms with Crippen LogP contribution in [0.25, 0.3) is 0 Å². The molecule has 1 aromatic heterocycles. The minimum atomic E-state index is -3.93. The standard InChI is InChI=1S/C17H21N3O4S/c1-13-10-14(12-18-11-13)19-25(22,23)16-7-5-4-6-15(16)17(21)20(2)8-9-24-3/h4-7,10-12,19H,8-9H2,1-3H3. The number of hydrogen-bond acceptors (Lipinski definition) is 5. The number of sulfonamides is 1. The summed E-state index contributed by atoms with van der Waals surface area (Å²) in [6.45, 7) is 2.54. The molecule has 134 valence electrons. The van der Waals surface area contributed by atoms with Crippen molar-refractivity contribution in [2.75, 3.05) is 32.0 Å². The smallest absolute Gasteiger partial charge is 0.262 e. The van der Waals surface area contributed by atoms with Gasteiger partial charge in [-0.25, -0.2) is 8.42 Å². The van der Waals surface area contributed by atoms with E-state index in [1.165, 1.54) is 30.3 Å². The van der Waals surface area contributed by atoms with Crippen LogP contribution in [0.1, 0.15) is 15.9 Å². The highest BCUT2D eigenvalue weighted by molar-refractivity contribution is 7.92. The summed E-state index contributed by atoms with van der Waals surface area (Å²) in [7, 11) is -0.790. The van der Waals surface area contributed by atoms with Gasteiger partial charge in [0.25, 0.3) is 15.9 Å². The SMILES string of the molecule is COCCN(C)C(=O)c1ccccc1S(=O)(=O)Nc1cncc(C)c1. The van der Waals surface area contributed by atoms with E-state index in [1.54, 1.807) is 31.4 Å². The zero-order chi connectivity index (χ0) is 18.4. The third-order valence-corrected chi connectivity index (χ3v) is 4.95. The molecule has 0 saturated carbocycles. The van der Waals surface area contributed by atoms with Gasteiger partial charge in [-0.2, -0.15) is 0 Å². The number of amides is 1. The molecule has 0 bridgehead atoms. The van der Waals surface area contributed by atoms with Gasteiger partial charge in [0.2, 0.25) is 0 Å². The molecular weight excluding hydrogens is 342 g/mol. The van der Waals surface area contributed by atoms with Gasteiger partial charge in [0.1, 0.15) is 4.90 Å². The van der Waals surface area contributed by atoms with Gasteiger partial charge < -0.3 is 9.64 Å². The second kappa shape index (κ2) is 8.09. The first-order valence-corrected chi connectivity index (χ1v) is 9.11. The first-order chi connectivity index (χ1) is 11.8. The van der Waals surface area contributed by atoms with Gasteiger partial charge in [0.15, 0.2) is 0 Å². The van der Waals surface area contributed by atoms with Crippen molar-refractivity contribution in [3.05, 3.63) is 53.9 Å².